The molecule has 0 aliphatic carbocycles. The predicted octanol–water partition coefficient (Wildman–Crippen LogP) is 7.61. The Kier molecular flexibility index (Phi) is 9.33. The van der Waals surface area contributed by atoms with E-state index in [-0.39, 0.29) is 12.5 Å². The number of carbonyl (C=O) groups is 1. The Labute approximate surface area is 226 Å². The topological polar surface area (TPSA) is 59.9 Å². The minimum Gasteiger partial charge on any atom is -0.488 e. The van der Waals surface area contributed by atoms with Gasteiger partial charge in [0.2, 0.25) is 0 Å². The molecule has 0 bridgehead atoms. The summed E-state index contributed by atoms with van der Waals surface area (Å²) in [6, 6.07) is 27.9. The zero-order valence-corrected chi connectivity index (χ0v) is 22.7. The van der Waals surface area contributed by atoms with E-state index >= 15 is 0 Å². The van der Waals surface area contributed by atoms with Gasteiger partial charge in [-0.05, 0) is 64.6 Å². The van der Waals surface area contributed by atoms with Crippen molar-refractivity contribution in [2.24, 2.45) is 5.10 Å². The van der Waals surface area contributed by atoms with Gasteiger partial charge in [0.1, 0.15) is 18.1 Å². The van der Waals surface area contributed by atoms with Crippen LogP contribution in [0, 0.1) is 0 Å². The number of nitrogens with zero attached hydrogens (tertiary/aromatic N) is 1. The fourth-order valence-corrected chi connectivity index (χ4v) is 4.61. The first-order valence-electron chi connectivity index (χ1n) is 12.5. The fraction of sp³-hybridized carbons (Fsp3) is 0.226. The van der Waals surface area contributed by atoms with Crippen molar-refractivity contribution in [2.45, 2.75) is 39.2 Å². The molecule has 6 heteroatoms. The maximum Gasteiger partial charge on any atom is 0.277 e. The molecular formula is C31H31BrN2O3. The minimum atomic E-state index is -0.337. The van der Waals surface area contributed by atoms with E-state index in [4.69, 9.17) is 9.47 Å². The Morgan fingerprint density at radius 1 is 1.00 bits per heavy atom. The first-order valence-corrected chi connectivity index (χ1v) is 13.3. The molecule has 4 rings (SSSR count). The molecule has 0 aromatic heterocycles. The summed E-state index contributed by atoms with van der Waals surface area (Å²) in [5.41, 5.74) is 5.68. The molecule has 0 saturated heterocycles. The number of rotatable bonds is 11. The van der Waals surface area contributed by atoms with Crippen molar-refractivity contribution >= 4 is 38.8 Å². The van der Waals surface area contributed by atoms with Crippen LogP contribution >= 0.6 is 15.9 Å². The molecule has 0 aliphatic rings. The summed E-state index contributed by atoms with van der Waals surface area (Å²) >= 11 is 3.50. The Morgan fingerprint density at radius 3 is 2.59 bits per heavy atom. The van der Waals surface area contributed by atoms with Gasteiger partial charge in [-0.15, -0.1) is 0 Å². The van der Waals surface area contributed by atoms with Crippen LogP contribution in [0.25, 0.3) is 10.8 Å². The van der Waals surface area contributed by atoms with Crippen LogP contribution in [0.4, 0.5) is 0 Å². The highest BCUT2D eigenvalue weighted by atomic mass is 79.9. The molecule has 0 spiro atoms. The van der Waals surface area contributed by atoms with Gasteiger partial charge in [0.05, 0.1) is 6.21 Å². The average Bonchev–Trinajstić information content (AvgIpc) is 2.91. The Bertz CT molecular complexity index is 1370. The third-order valence-electron chi connectivity index (χ3n) is 6.14. The van der Waals surface area contributed by atoms with Crippen LogP contribution in [0.1, 0.15) is 49.3 Å². The second-order valence-electron chi connectivity index (χ2n) is 8.96. The lowest BCUT2D eigenvalue weighted by Crippen LogP contribution is -2.24. The molecule has 37 heavy (non-hydrogen) atoms. The van der Waals surface area contributed by atoms with Crippen LogP contribution in [0.3, 0.4) is 0 Å². The Balaban J connectivity index is 1.39. The predicted molar refractivity (Wildman–Crippen MR) is 153 cm³/mol. The van der Waals surface area contributed by atoms with Gasteiger partial charge < -0.3 is 9.47 Å². The lowest BCUT2D eigenvalue weighted by molar-refractivity contribution is -0.123. The van der Waals surface area contributed by atoms with Crippen molar-refractivity contribution in [1.82, 2.24) is 5.43 Å². The van der Waals surface area contributed by atoms with E-state index in [0.29, 0.717) is 24.0 Å². The zero-order valence-electron chi connectivity index (χ0n) is 21.1. The number of fused-ring (bicyclic) bond motifs is 1. The molecule has 4 aromatic rings. The van der Waals surface area contributed by atoms with Crippen molar-refractivity contribution in [3.8, 4) is 11.5 Å². The van der Waals surface area contributed by atoms with E-state index in [0.717, 1.165) is 39.2 Å². The minimum absolute atomic E-state index is 0.122. The number of halogens is 1. The molecule has 1 N–H and O–H groups in total. The van der Waals surface area contributed by atoms with Gasteiger partial charge in [-0.2, -0.15) is 5.10 Å². The largest absolute Gasteiger partial charge is 0.488 e. The van der Waals surface area contributed by atoms with Gasteiger partial charge in [-0.3, -0.25) is 4.79 Å². The molecule has 0 radical (unpaired) electrons. The molecule has 0 fully saturated rings. The summed E-state index contributed by atoms with van der Waals surface area (Å²) in [5.74, 6) is 1.51. The highest BCUT2D eigenvalue weighted by molar-refractivity contribution is 9.10. The number of hydrogen-bond acceptors (Lipinski definition) is 4. The standard InChI is InChI=1S/C31H31BrN2O3/c1-3-7-22(2)24-12-15-27(16-13-24)36-21-31(35)34-33-19-29-28-11-5-4-9-25(28)14-17-30(29)37-20-23-8-6-10-26(32)18-23/h4-6,8-19,22H,3,7,20-21H2,1-2H3,(H,34,35)/b33-19-/t22-/m0/s1. The van der Waals surface area contributed by atoms with Crippen LogP contribution in [0.15, 0.2) is 94.5 Å². The summed E-state index contributed by atoms with van der Waals surface area (Å²) in [5, 5.41) is 6.25. The van der Waals surface area contributed by atoms with Gasteiger partial charge >= 0.3 is 0 Å². The van der Waals surface area contributed by atoms with Gasteiger partial charge in [0, 0.05) is 10.0 Å². The van der Waals surface area contributed by atoms with E-state index in [9.17, 15) is 4.79 Å². The number of hydrogen-bond donors (Lipinski definition) is 1. The van der Waals surface area contributed by atoms with Crippen molar-refractivity contribution < 1.29 is 14.3 Å². The van der Waals surface area contributed by atoms with Gasteiger partial charge in [0.15, 0.2) is 6.61 Å². The molecule has 1 atom stereocenters. The highest BCUT2D eigenvalue weighted by Crippen LogP contribution is 2.28. The maximum atomic E-state index is 12.4. The number of benzene rings is 4. The Morgan fingerprint density at radius 2 is 1.81 bits per heavy atom. The summed E-state index contributed by atoms with van der Waals surface area (Å²) in [4.78, 5) is 12.4. The number of nitrogens with one attached hydrogen (secondary N) is 1. The molecule has 0 aliphatic heterocycles. The van der Waals surface area contributed by atoms with Crippen molar-refractivity contribution in [2.75, 3.05) is 6.61 Å². The summed E-state index contributed by atoms with van der Waals surface area (Å²) < 4.78 is 12.8. The van der Waals surface area contributed by atoms with Gasteiger partial charge in [-0.25, -0.2) is 5.43 Å². The van der Waals surface area contributed by atoms with E-state index in [1.54, 1.807) is 6.21 Å². The zero-order chi connectivity index (χ0) is 26.0. The monoisotopic (exact) mass is 558 g/mol. The van der Waals surface area contributed by atoms with E-state index in [1.165, 1.54) is 5.56 Å². The quantitative estimate of drug-likeness (QED) is 0.152. The number of carbonyl (C=O) groups excluding carboxylic acids is 1. The molecule has 5 nitrogen and oxygen atoms in total. The lowest BCUT2D eigenvalue weighted by atomic mass is 9.97. The second kappa shape index (κ2) is 13.1. The third-order valence-corrected chi connectivity index (χ3v) is 6.63. The van der Waals surface area contributed by atoms with Crippen LogP contribution < -0.4 is 14.9 Å². The maximum absolute atomic E-state index is 12.4. The lowest BCUT2D eigenvalue weighted by Gasteiger charge is -2.12. The van der Waals surface area contributed by atoms with E-state index in [1.807, 2.05) is 72.8 Å². The summed E-state index contributed by atoms with van der Waals surface area (Å²) in [7, 11) is 0. The number of hydrazone groups is 1. The van der Waals surface area contributed by atoms with Crippen molar-refractivity contribution in [3.63, 3.8) is 0 Å². The van der Waals surface area contributed by atoms with Crippen molar-refractivity contribution in [1.29, 1.82) is 0 Å². The SMILES string of the molecule is CCC[C@H](C)c1ccc(OCC(=O)N/N=C\c2c(OCc3cccc(Br)c3)ccc3ccccc23)cc1. The molecule has 0 unspecified atom stereocenters. The van der Waals surface area contributed by atoms with Gasteiger partial charge in [-0.1, -0.05) is 90.8 Å². The first-order chi connectivity index (χ1) is 18.0. The van der Waals surface area contributed by atoms with Crippen LogP contribution in [-0.4, -0.2) is 18.7 Å². The summed E-state index contributed by atoms with van der Waals surface area (Å²) in [6.45, 7) is 4.70. The van der Waals surface area contributed by atoms with Crippen LogP contribution in [0.5, 0.6) is 11.5 Å². The van der Waals surface area contributed by atoms with Crippen LogP contribution in [0.2, 0.25) is 0 Å². The third kappa shape index (κ3) is 7.43. The van der Waals surface area contributed by atoms with Crippen molar-refractivity contribution in [3.05, 3.63) is 106 Å². The van der Waals surface area contributed by atoms with Crippen LogP contribution in [-0.2, 0) is 11.4 Å². The van der Waals surface area contributed by atoms with E-state index in [2.05, 4.69) is 52.4 Å². The van der Waals surface area contributed by atoms with E-state index < -0.39 is 0 Å². The average molecular weight is 560 g/mol. The number of ether oxygens (including phenoxy) is 2. The van der Waals surface area contributed by atoms with Gasteiger partial charge in [0.25, 0.3) is 5.91 Å². The molecule has 1 amide bonds. The Hall–Kier alpha value is -3.64. The second-order valence-corrected chi connectivity index (χ2v) is 9.87. The molecule has 190 valence electrons. The summed E-state index contributed by atoms with van der Waals surface area (Å²) in [6.07, 6.45) is 3.92. The molecular weight excluding hydrogens is 528 g/mol. The fourth-order valence-electron chi connectivity index (χ4n) is 4.16. The first kappa shape index (κ1) is 26.4. The smallest absolute Gasteiger partial charge is 0.277 e. The molecule has 0 heterocycles. The number of amides is 1. The highest BCUT2D eigenvalue weighted by Gasteiger charge is 2.09. The molecule has 0 saturated carbocycles. The molecule has 4 aromatic carbocycles. The normalized spacial score (nSPS) is 12.0.